The first-order valence-corrected chi connectivity index (χ1v) is 10.1. The molecule has 0 aliphatic rings. The van der Waals surface area contributed by atoms with E-state index in [1.165, 1.54) is 102 Å². The largest absolute Gasteiger partial charge is 0.185 e. The molecule has 0 aromatic rings. The van der Waals surface area contributed by atoms with Gasteiger partial charge < -0.3 is 0 Å². The Morgan fingerprint density at radius 1 is 0.714 bits per heavy atom. The topological polar surface area (TPSA) is 23.8 Å². The van der Waals surface area contributed by atoms with Gasteiger partial charge in [-0.1, -0.05) is 76.9 Å². The molecule has 0 heterocycles. The fraction of sp³-hybridized carbons (Fsp3) is 0.842. The molecule has 0 aliphatic heterocycles. The molecule has 0 amide bonds. The molecule has 0 spiro atoms. The van der Waals surface area contributed by atoms with E-state index in [1.807, 2.05) is 0 Å². The van der Waals surface area contributed by atoms with Crippen LogP contribution in [0.1, 0.15) is 96.8 Å². The normalized spacial score (nSPS) is 11.0. The molecular weight excluding hydrogens is 274 g/mol. The maximum absolute atomic E-state index is 8.40. The molecule has 1 nitrogen and oxygen atoms in total. The average molecular weight is 310 g/mol. The van der Waals surface area contributed by atoms with Crippen LogP contribution in [0.15, 0.2) is 12.2 Å². The van der Waals surface area contributed by atoms with E-state index in [0.29, 0.717) is 0 Å². The summed E-state index contributed by atoms with van der Waals surface area (Å²) >= 11 is 1.39. The lowest BCUT2D eigenvalue weighted by atomic mass is 10.1. The molecule has 0 aliphatic carbocycles. The van der Waals surface area contributed by atoms with Gasteiger partial charge in [0.25, 0.3) is 0 Å². The van der Waals surface area contributed by atoms with Gasteiger partial charge in [0.2, 0.25) is 0 Å². The van der Waals surface area contributed by atoms with Crippen LogP contribution in [0.5, 0.6) is 0 Å². The smallest absolute Gasteiger partial charge is 0.133 e. The molecule has 0 bridgehead atoms. The van der Waals surface area contributed by atoms with Crippen molar-refractivity contribution >= 4 is 11.8 Å². The van der Waals surface area contributed by atoms with E-state index in [-0.39, 0.29) is 0 Å². The van der Waals surface area contributed by atoms with E-state index in [9.17, 15) is 0 Å². The van der Waals surface area contributed by atoms with E-state index in [2.05, 4.69) is 24.5 Å². The Kier molecular flexibility index (Phi) is 19.2. The van der Waals surface area contributed by atoms with E-state index in [0.717, 1.165) is 5.75 Å². The second kappa shape index (κ2) is 19.6. The first-order valence-electron chi connectivity index (χ1n) is 9.07. The first kappa shape index (κ1) is 20.6. The minimum atomic E-state index is 1.01. The Hall–Kier alpha value is -0.420. The summed E-state index contributed by atoms with van der Waals surface area (Å²) in [4.78, 5) is 0. The quantitative estimate of drug-likeness (QED) is 0.170. The number of hydrogen-bond acceptors (Lipinski definition) is 2. The van der Waals surface area contributed by atoms with Crippen LogP contribution in [0.25, 0.3) is 0 Å². The highest BCUT2D eigenvalue weighted by Crippen LogP contribution is 2.11. The van der Waals surface area contributed by atoms with Gasteiger partial charge in [-0.05, 0) is 43.9 Å². The molecule has 0 rings (SSSR count). The minimum Gasteiger partial charge on any atom is -0.185 e. The standard InChI is InChI=1S/C19H35NS/c1-2-3-4-5-6-7-8-9-10-11-12-13-14-15-16-17-18-21-19-20/h9-10H,2-8,11-18H2,1H3/b10-9-. The van der Waals surface area contributed by atoms with Crippen LogP contribution in [0.4, 0.5) is 0 Å². The number of nitriles is 1. The van der Waals surface area contributed by atoms with Gasteiger partial charge >= 0.3 is 0 Å². The molecule has 0 radical (unpaired) electrons. The third-order valence-electron chi connectivity index (χ3n) is 3.82. The van der Waals surface area contributed by atoms with Crippen LogP contribution < -0.4 is 0 Å². The SMILES string of the molecule is CCCCCCCC/C=C\CCCCCCCCSC#N. The molecule has 0 N–H and O–H groups in total. The molecular formula is C19H35NS. The molecule has 0 unspecified atom stereocenters. The van der Waals surface area contributed by atoms with Gasteiger partial charge in [-0.3, -0.25) is 0 Å². The Morgan fingerprint density at radius 2 is 1.19 bits per heavy atom. The summed E-state index contributed by atoms with van der Waals surface area (Å²) in [5.74, 6) is 1.01. The fourth-order valence-electron chi connectivity index (χ4n) is 2.47. The van der Waals surface area contributed by atoms with Gasteiger partial charge in [0, 0.05) is 5.75 Å². The summed E-state index contributed by atoms with van der Waals surface area (Å²) < 4.78 is 0. The van der Waals surface area contributed by atoms with E-state index < -0.39 is 0 Å². The monoisotopic (exact) mass is 309 g/mol. The third kappa shape index (κ3) is 19.6. The summed E-state index contributed by atoms with van der Waals surface area (Å²) in [5, 5.41) is 10.5. The highest BCUT2D eigenvalue weighted by atomic mass is 32.2. The van der Waals surface area contributed by atoms with Gasteiger partial charge in [0.1, 0.15) is 5.40 Å². The highest BCUT2D eigenvalue weighted by Gasteiger charge is 1.91. The lowest BCUT2D eigenvalue weighted by molar-refractivity contribution is 0.607. The number of unbranched alkanes of at least 4 members (excludes halogenated alkanes) is 12. The van der Waals surface area contributed by atoms with Crippen molar-refractivity contribution in [2.24, 2.45) is 0 Å². The van der Waals surface area contributed by atoms with Gasteiger partial charge in [-0.2, -0.15) is 5.26 Å². The van der Waals surface area contributed by atoms with E-state index in [4.69, 9.17) is 5.26 Å². The highest BCUT2D eigenvalue weighted by molar-refractivity contribution is 8.03. The zero-order valence-corrected chi connectivity index (χ0v) is 14.9. The maximum atomic E-state index is 8.40. The first-order chi connectivity index (χ1) is 10.4. The van der Waals surface area contributed by atoms with Crippen molar-refractivity contribution in [1.82, 2.24) is 0 Å². The van der Waals surface area contributed by atoms with E-state index >= 15 is 0 Å². The molecule has 21 heavy (non-hydrogen) atoms. The number of hydrogen-bond donors (Lipinski definition) is 0. The van der Waals surface area contributed by atoms with Crippen molar-refractivity contribution in [1.29, 1.82) is 5.26 Å². The minimum absolute atomic E-state index is 1.01. The molecule has 0 saturated carbocycles. The van der Waals surface area contributed by atoms with Crippen LogP contribution in [-0.4, -0.2) is 5.75 Å². The number of nitrogens with zero attached hydrogens (tertiary/aromatic N) is 1. The van der Waals surface area contributed by atoms with Crippen LogP contribution in [0, 0.1) is 10.7 Å². The summed E-state index contributed by atoms with van der Waals surface area (Å²) in [5.41, 5.74) is 0. The second-order valence-electron chi connectivity index (χ2n) is 5.88. The molecule has 0 aromatic heterocycles. The van der Waals surface area contributed by atoms with Crippen molar-refractivity contribution in [2.75, 3.05) is 5.75 Å². The molecule has 2 heteroatoms. The van der Waals surface area contributed by atoms with Crippen LogP contribution >= 0.6 is 11.8 Å². The van der Waals surface area contributed by atoms with Gasteiger partial charge in [-0.15, -0.1) is 0 Å². The van der Waals surface area contributed by atoms with Crippen molar-refractivity contribution in [3.8, 4) is 5.40 Å². The van der Waals surface area contributed by atoms with Crippen LogP contribution in [0.3, 0.4) is 0 Å². The number of thioether (sulfide) groups is 1. The Bertz CT molecular complexity index is 255. The molecule has 0 saturated heterocycles. The van der Waals surface area contributed by atoms with Crippen molar-refractivity contribution < 1.29 is 0 Å². The van der Waals surface area contributed by atoms with Gasteiger partial charge in [0.15, 0.2) is 0 Å². The molecule has 0 aromatic carbocycles. The van der Waals surface area contributed by atoms with Gasteiger partial charge in [-0.25, -0.2) is 0 Å². The molecule has 122 valence electrons. The third-order valence-corrected chi connectivity index (χ3v) is 4.44. The van der Waals surface area contributed by atoms with Crippen LogP contribution in [0.2, 0.25) is 0 Å². The summed E-state index contributed by atoms with van der Waals surface area (Å²) in [6.07, 6.45) is 23.6. The van der Waals surface area contributed by atoms with Crippen molar-refractivity contribution in [3.63, 3.8) is 0 Å². The summed E-state index contributed by atoms with van der Waals surface area (Å²) in [7, 11) is 0. The summed E-state index contributed by atoms with van der Waals surface area (Å²) in [6, 6.07) is 0. The summed E-state index contributed by atoms with van der Waals surface area (Å²) in [6.45, 7) is 2.27. The van der Waals surface area contributed by atoms with Crippen molar-refractivity contribution in [3.05, 3.63) is 12.2 Å². The van der Waals surface area contributed by atoms with Crippen LogP contribution in [-0.2, 0) is 0 Å². The number of thiocyanates is 1. The second-order valence-corrected chi connectivity index (χ2v) is 6.76. The molecule has 0 fully saturated rings. The zero-order chi connectivity index (χ0) is 15.4. The van der Waals surface area contributed by atoms with E-state index in [1.54, 1.807) is 0 Å². The lowest BCUT2D eigenvalue weighted by Crippen LogP contribution is -1.82. The number of allylic oxidation sites excluding steroid dienone is 2. The molecule has 0 atom stereocenters. The fourth-order valence-corrected chi connectivity index (χ4v) is 2.91. The zero-order valence-electron chi connectivity index (χ0n) is 14.1. The number of rotatable bonds is 16. The maximum Gasteiger partial charge on any atom is 0.133 e. The van der Waals surface area contributed by atoms with Gasteiger partial charge in [0.05, 0.1) is 0 Å². The lowest BCUT2D eigenvalue weighted by Gasteiger charge is -1.99. The van der Waals surface area contributed by atoms with Crippen molar-refractivity contribution in [2.45, 2.75) is 96.8 Å². The Morgan fingerprint density at radius 3 is 1.71 bits per heavy atom. The Labute approximate surface area is 137 Å². The average Bonchev–Trinajstić information content (AvgIpc) is 2.50. The Balaban J connectivity index is 3.04. The predicted octanol–water partition coefficient (Wildman–Crippen LogP) is 7.24. The predicted molar refractivity (Wildman–Crippen MR) is 97.5 cm³/mol.